The van der Waals surface area contributed by atoms with Crippen LogP contribution < -0.4 is 11.1 Å². The van der Waals surface area contributed by atoms with Crippen LogP contribution >= 0.6 is 27.7 Å². The summed E-state index contributed by atoms with van der Waals surface area (Å²) in [5, 5.41) is 3.35. The maximum absolute atomic E-state index is 5.80. The maximum Gasteiger partial charge on any atom is 0.0545 e. The van der Waals surface area contributed by atoms with Crippen molar-refractivity contribution in [3.05, 3.63) is 22.2 Å². The minimum Gasteiger partial charge on any atom is -0.398 e. The van der Waals surface area contributed by atoms with Crippen molar-refractivity contribution in [2.45, 2.75) is 6.92 Å². The predicted octanol–water partition coefficient (Wildman–Crippen LogP) is 3.12. The second-order valence-electron chi connectivity index (χ2n) is 3.37. The Morgan fingerprint density at radius 2 is 2.31 bits per heavy atom. The minimum atomic E-state index is 0.767. The van der Waals surface area contributed by atoms with Gasteiger partial charge in [-0.3, -0.25) is 0 Å². The third-order valence-electron chi connectivity index (χ3n) is 2.10. The number of anilines is 2. The molecule has 0 aliphatic heterocycles. The van der Waals surface area contributed by atoms with Crippen LogP contribution in [0.3, 0.4) is 0 Å². The summed E-state index contributed by atoms with van der Waals surface area (Å²) in [4.78, 5) is 0. The fourth-order valence-corrected chi connectivity index (χ4v) is 2.23. The van der Waals surface area contributed by atoms with Crippen molar-refractivity contribution in [1.82, 2.24) is 0 Å². The molecular formula is C12H15BrN2S. The van der Waals surface area contributed by atoms with Crippen molar-refractivity contribution in [2.24, 2.45) is 0 Å². The van der Waals surface area contributed by atoms with Gasteiger partial charge in [-0.2, -0.15) is 0 Å². The lowest BCUT2D eigenvalue weighted by Gasteiger charge is -2.10. The summed E-state index contributed by atoms with van der Waals surface area (Å²) in [5.74, 6) is 4.37. The van der Waals surface area contributed by atoms with Crippen molar-refractivity contribution in [2.75, 3.05) is 29.1 Å². The summed E-state index contributed by atoms with van der Waals surface area (Å²) >= 11 is 5.23. The second kappa shape index (κ2) is 6.72. The molecule has 0 bridgehead atoms. The second-order valence-corrected chi connectivity index (χ2v) is 5.33. The van der Waals surface area contributed by atoms with Crippen LogP contribution in [0.5, 0.6) is 0 Å². The number of terminal acetylenes is 1. The van der Waals surface area contributed by atoms with Crippen LogP contribution in [0.4, 0.5) is 11.4 Å². The molecule has 1 aromatic carbocycles. The monoisotopic (exact) mass is 298 g/mol. The molecule has 0 spiro atoms. The van der Waals surface area contributed by atoms with E-state index >= 15 is 0 Å². The van der Waals surface area contributed by atoms with E-state index in [1.165, 1.54) is 0 Å². The normalized spacial score (nSPS) is 9.81. The van der Waals surface area contributed by atoms with Gasteiger partial charge >= 0.3 is 0 Å². The first-order valence-corrected chi connectivity index (χ1v) is 6.90. The molecule has 1 aromatic rings. The number of halogens is 1. The molecule has 86 valence electrons. The van der Waals surface area contributed by atoms with Gasteiger partial charge in [-0.25, -0.2) is 0 Å². The van der Waals surface area contributed by atoms with Gasteiger partial charge in [-0.15, -0.1) is 18.2 Å². The molecule has 0 aliphatic carbocycles. The topological polar surface area (TPSA) is 38.0 Å². The van der Waals surface area contributed by atoms with Gasteiger partial charge in [0, 0.05) is 28.1 Å². The maximum atomic E-state index is 5.80. The summed E-state index contributed by atoms with van der Waals surface area (Å²) in [6, 6.07) is 3.97. The Bertz CT molecular complexity index is 399. The number of thioether (sulfide) groups is 1. The number of nitrogen functional groups attached to an aromatic ring is 1. The van der Waals surface area contributed by atoms with Gasteiger partial charge in [0.15, 0.2) is 0 Å². The SMILES string of the molecule is C#CCSCCNc1cc(C)c(N)cc1Br. The van der Waals surface area contributed by atoms with Crippen molar-refractivity contribution >= 4 is 39.1 Å². The first-order chi connectivity index (χ1) is 7.65. The average Bonchev–Trinajstić information content (AvgIpc) is 2.25. The van der Waals surface area contributed by atoms with Crippen molar-refractivity contribution in [3.8, 4) is 12.3 Å². The molecule has 0 radical (unpaired) electrons. The van der Waals surface area contributed by atoms with Gasteiger partial charge < -0.3 is 11.1 Å². The number of rotatable bonds is 5. The molecule has 0 saturated heterocycles. The summed E-state index contributed by atoms with van der Waals surface area (Å²) < 4.78 is 0.998. The molecular weight excluding hydrogens is 284 g/mol. The van der Waals surface area contributed by atoms with E-state index in [9.17, 15) is 0 Å². The molecule has 2 nitrogen and oxygen atoms in total. The molecule has 0 amide bonds. The number of hydrogen-bond donors (Lipinski definition) is 2. The van der Waals surface area contributed by atoms with E-state index < -0.39 is 0 Å². The molecule has 1 rings (SSSR count). The third kappa shape index (κ3) is 3.99. The van der Waals surface area contributed by atoms with E-state index in [-0.39, 0.29) is 0 Å². The zero-order chi connectivity index (χ0) is 12.0. The molecule has 0 saturated carbocycles. The molecule has 3 N–H and O–H groups in total. The largest absolute Gasteiger partial charge is 0.398 e. The van der Waals surface area contributed by atoms with Gasteiger partial charge in [0.05, 0.1) is 5.75 Å². The highest BCUT2D eigenvalue weighted by molar-refractivity contribution is 9.10. The Hall–Kier alpha value is -0.790. The van der Waals surface area contributed by atoms with Crippen molar-refractivity contribution in [1.29, 1.82) is 0 Å². The van der Waals surface area contributed by atoms with Gasteiger partial charge in [0.25, 0.3) is 0 Å². The average molecular weight is 299 g/mol. The van der Waals surface area contributed by atoms with E-state index in [0.717, 1.165) is 39.5 Å². The van der Waals surface area contributed by atoms with Gasteiger partial charge in [-0.05, 0) is 40.5 Å². The van der Waals surface area contributed by atoms with Gasteiger partial charge in [0.1, 0.15) is 0 Å². The molecule has 4 heteroatoms. The molecule has 0 aliphatic rings. The highest BCUT2D eigenvalue weighted by atomic mass is 79.9. The minimum absolute atomic E-state index is 0.767. The molecule has 0 unspecified atom stereocenters. The van der Waals surface area contributed by atoms with Crippen LogP contribution in [0.15, 0.2) is 16.6 Å². The first-order valence-electron chi connectivity index (χ1n) is 4.96. The van der Waals surface area contributed by atoms with Crippen LogP contribution in [-0.2, 0) is 0 Å². The van der Waals surface area contributed by atoms with Crippen LogP contribution in [0.25, 0.3) is 0 Å². The Labute approximate surface area is 110 Å². The number of aryl methyl sites for hydroxylation is 1. The Morgan fingerprint density at radius 3 is 3.00 bits per heavy atom. The van der Waals surface area contributed by atoms with E-state index in [4.69, 9.17) is 12.2 Å². The lowest BCUT2D eigenvalue weighted by molar-refractivity contribution is 1.22. The van der Waals surface area contributed by atoms with Gasteiger partial charge in [0.2, 0.25) is 0 Å². The first kappa shape index (κ1) is 13.3. The van der Waals surface area contributed by atoms with E-state index in [0.29, 0.717) is 0 Å². The van der Waals surface area contributed by atoms with Crippen LogP contribution in [0.1, 0.15) is 5.56 Å². The van der Waals surface area contributed by atoms with E-state index in [2.05, 4.69) is 27.2 Å². The van der Waals surface area contributed by atoms with Crippen molar-refractivity contribution in [3.63, 3.8) is 0 Å². The molecule has 0 heterocycles. The quantitative estimate of drug-likeness (QED) is 0.498. The number of hydrogen-bond acceptors (Lipinski definition) is 3. The number of nitrogens with two attached hydrogens (primary N) is 1. The highest BCUT2D eigenvalue weighted by Crippen LogP contribution is 2.27. The Morgan fingerprint density at radius 1 is 1.56 bits per heavy atom. The zero-order valence-electron chi connectivity index (χ0n) is 9.22. The summed E-state index contributed by atoms with van der Waals surface area (Å²) in [6.07, 6.45) is 5.17. The summed E-state index contributed by atoms with van der Waals surface area (Å²) in [6.45, 7) is 2.90. The lowest BCUT2D eigenvalue weighted by atomic mass is 10.2. The van der Waals surface area contributed by atoms with Crippen LogP contribution in [-0.4, -0.2) is 18.1 Å². The number of benzene rings is 1. The van der Waals surface area contributed by atoms with Crippen molar-refractivity contribution < 1.29 is 0 Å². The summed E-state index contributed by atoms with van der Waals surface area (Å²) in [5.41, 5.74) is 8.77. The smallest absolute Gasteiger partial charge is 0.0545 e. The third-order valence-corrected chi connectivity index (χ3v) is 3.62. The van der Waals surface area contributed by atoms with E-state index in [1.54, 1.807) is 11.8 Å². The standard InChI is InChI=1S/C12H15BrN2S/c1-3-5-16-6-4-15-12-7-9(2)11(14)8-10(12)13/h1,7-8,15H,4-6,14H2,2H3. The zero-order valence-corrected chi connectivity index (χ0v) is 11.6. The lowest BCUT2D eigenvalue weighted by Crippen LogP contribution is -2.05. The molecule has 16 heavy (non-hydrogen) atoms. The van der Waals surface area contributed by atoms with Crippen LogP contribution in [0.2, 0.25) is 0 Å². The highest BCUT2D eigenvalue weighted by Gasteiger charge is 2.02. The van der Waals surface area contributed by atoms with Crippen LogP contribution in [0, 0.1) is 19.3 Å². The fraction of sp³-hybridized carbons (Fsp3) is 0.333. The Balaban J connectivity index is 2.48. The van der Waals surface area contributed by atoms with Gasteiger partial charge in [-0.1, -0.05) is 5.92 Å². The Kier molecular flexibility index (Phi) is 5.58. The molecule has 0 atom stereocenters. The van der Waals surface area contributed by atoms with E-state index in [1.807, 2.05) is 19.1 Å². The fourth-order valence-electron chi connectivity index (χ4n) is 1.22. The molecule has 0 fully saturated rings. The predicted molar refractivity (Wildman–Crippen MR) is 77.9 cm³/mol. The summed E-state index contributed by atoms with van der Waals surface area (Å²) in [7, 11) is 0. The molecule has 0 aromatic heterocycles. The number of nitrogens with one attached hydrogen (secondary N) is 1.